The molecule has 1 aliphatic heterocycles. The second-order valence-corrected chi connectivity index (χ2v) is 7.53. The van der Waals surface area contributed by atoms with Crippen LogP contribution < -0.4 is 9.64 Å². The molecule has 0 aliphatic carbocycles. The molecule has 1 aliphatic rings. The van der Waals surface area contributed by atoms with Gasteiger partial charge in [0.2, 0.25) is 5.91 Å². The molecule has 5 nitrogen and oxygen atoms in total. The molecule has 1 amide bonds. The van der Waals surface area contributed by atoms with Crippen LogP contribution >= 0.6 is 11.3 Å². The number of rotatable bonds is 7. The van der Waals surface area contributed by atoms with Crippen molar-refractivity contribution < 1.29 is 9.53 Å². The quantitative estimate of drug-likeness (QED) is 0.748. The standard InChI is InChI=1S/C20H27N3O2S/c1-3-25-19-9-5-4-8-18(19)23-12-10-22(11-13-23)16-20(24)21(2)15-17-7-6-14-26-17/h4-9,14H,3,10-13,15-16H2,1-2H3. The fourth-order valence-corrected chi connectivity index (χ4v) is 3.94. The molecule has 0 unspecified atom stereocenters. The largest absolute Gasteiger partial charge is 0.492 e. The number of hydrogen-bond donors (Lipinski definition) is 0. The van der Waals surface area contributed by atoms with Gasteiger partial charge >= 0.3 is 0 Å². The Morgan fingerprint density at radius 2 is 1.92 bits per heavy atom. The highest BCUT2D eigenvalue weighted by atomic mass is 32.1. The second kappa shape index (κ2) is 9.05. The monoisotopic (exact) mass is 373 g/mol. The summed E-state index contributed by atoms with van der Waals surface area (Å²) in [5, 5.41) is 2.05. The van der Waals surface area contributed by atoms with Gasteiger partial charge in [-0.25, -0.2) is 0 Å². The van der Waals surface area contributed by atoms with Crippen LogP contribution in [-0.2, 0) is 11.3 Å². The van der Waals surface area contributed by atoms with Crippen molar-refractivity contribution in [2.24, 2.45) is 0 Å². The van der Waals surface area contributed by atoms with Crippen LogP contribution in [-0.4, -0.2) is 62.1 Å². The summed E-state index contributed by atoms with van der Waals surface area (Å²) in [5.74, 6) is 1.12. The van der Waals surface area contributed by atoms with E-state index in [-0.39, 0.29) is 5.91 Å². The Labute approximate surface area is 159 Å². The number of thiophene rings is 1. The molecule has 2 heterocycles. The fourth-order valence-electron chi connectivity index (χ4n) is 3.18. The summed E-state index contributed by atoms with van der Waals surface area (Å²) < 4.78 is 5.75. The van der Waals surface area contributed by atoms with Crippen molar-refractivity contribution in [3.05, 3.63) is 46.7 Å². The van der Waals surface area contributed by atoms with Gasteiger partial charge in [0.05, 0.1) is 25.4 Å². The van der Waals surface area contributed by atoms with Crippen molar-refractivity contribution in [3.8, 4) is 5.75 Å². The molecule has 0 saturated carbocycles. The highest BCUT2D eigenvalue weighted by Crippen LogP contribution is 2.28. The Hall–Kier alpha value is -2.05. The number of anilines is 1. The Morgan fingerprint density at radius 3 is 2.62 bits per heavy atom. The van der Waals surface area contributed by atoms with Gasteiger partial charge in [-0.05, 0) is 30.5 Å². The van der Waals surface area contributed by atoms with Gasteiger partial charge in [-0.2, -0.15) is 0 Å². The van der Waals surface area contributed by atoms with E-state index in [4.69, 9.17) is 4.74 Å². The van der Waals surface area contributed by atoms with E-state index in [9.17, 15) is 4.79 Å². The van der Waals surface area contributed by atoms with Gasteiger partial charge in [0.1, 0.15) is 5.75 Å². The molecular weight excluding hydrogens is 346 g/mol. The number of para-hydroxylation sites is 2. The summed E-state index contributed by atoms with van der Waals surface area (Å²) in [4.78, 5) is 20.1. The van der Waals surface area contributed by atoms with Crippen molar-refractivity contribution in [1.82, 2.24) is 9.80 Å². The minimum atomic E-state index is 0.182. The Kier molecular flexibility index (Phi) is 6.52. The van der Waals surface area contributed by atoms with Crippen molar-refractivity contribution >= 4 is 22.9 Å². The summed E-state index contributed by atoms with van der Waals surface area (Å²) in [6, 6.07) is 12.3. The zero-order valence-electron chi connectivity index (χ0n) is 15.6. The van der Waals surface area contributed by atoms with E-state index < -0.39 is 0 Å². The minimum absolute atomic E-state index is 0.182. The Morgan fingerprint density at radius 1 is 1.15 bits per heavy atom. The molecule has 2 aromatic rings. The Balaban J connectivity index is 1.50. The third kappa shape index (κ3) is 4.77. The second-order valence-electron chi connectivity index (χ2n) is 6.49. The van der Waals surface area contributed by atoms with E-state index >= 15 is 0 Å². The molecule has 140 valence electrons. The van der Waals surface area contributed by atoms with E-state index in [1.165, 1.54) is 4.88 Å². The number of amides is 1. The average Bonchev–Trinajstić information content (AvgIpc) is 3.16. The molecule has 0 radical (unpaired) electrons. The van der Waals surface area contributed by atoms with Gasteiger partial charge in [0.15, 0.2) is 0 Å². The maximum Gasteiger partial charge on any atom is 0.236 e. The first-order valence-electron chi connectivity index (χ1n) is 9.13. The van der Waals surface area contributed by atoms with E-state index in [2.05, 4.69) is 21.9 Å². The van der Waals surface area contributed by atoms with Gasteiger partial charge in [0, 0.05) is 38.1 Å². The molecule has 3 rings (SSSR count). The van der Waals surface area contributed by atoms with Crippen LogP contribution in [0.1, 0.15) is 11.8 Å². The normalized spacial score (nSPS) is 15.1. The van der Waals surface area contributed by atoms with E-state index in [0.29, 0.717) is 19.7 Å². The van der Waals surface area contributed by atoms with Crippen molar-refractivity contribution in [3.63, 3.8) is 0 Å². The van der Waals surface area contributed by atoms with E-state index in [0.717, 1.165) is 37.6 Å². The number of benzene rings is 1. The SMILES string of the molecule is CCOc1ccccc1N1CCN(CC(=O)N(C)Cc2cccs2)CC1. The zero-order chi connectivity index (χ0) is 18.4. The number of likely N-dealkylation sites (N-methyl/N-ethyl adjacent to an activating group) is 1. The van der Waals surface area contributed by atoms with Crippen LogP contribution in [0.4, 0.5) is 5.69 Å². The van der Waals surface area contributed by atoms with E-state index in [1.54, 1.807) is 11.3 Å². The third-order valence-electron chi connectivity index (χ3n) is 4.64. The number of piperazine rings is 1. The average molecular weight is 374 g/mol. The smallest absolute Gasteiger partial charge is 0.236 e. The predicted molar refractivity (Wildman–Crippen MR) is 107 cm³/mol. The predicted octanol–water partition coefficient (Wildman–Crippen LogP) is 2.93. The maximum atomic E-state index is 12.5. The summed E-state index contributed by atoms with van der Waals surface area (Å²) >= 11 is 1.69. The van der Waals surface area contributed by atoms with Gasteiger partial charge in [0.25, 0.3) is 0 Å². The van der Waals surface area contributed by atoms with Crippen LogP contribution in [0, 0.1) is 0 Å². The number of ether oxygens (including phenoxy) is 1. The molecule has 26 heavy (non-hydrogen) atoms. The van der Waals surface area contributed by atoms with Crippen LogP contribution in [0.15, 0.2) is 41.8 Å². The van der Waals surface area contributed by atoms with E-state index in [1.807, 2.05) is 48.5 Å². The highest BCUT2D eigenvalue weighted by molar-refractivity contribution is 7.09. The molecule has 1 saturated heterocycles. The summed E-state index contributed by atoms with van der Waals surface area (Å²) in [7, 11) is 1.89. The molecule has 6 heteroatoms. The first kappa shape index (κ1) is 18.7. The van der Waals surface area contributed by atoms with Gasteiger partial charge < -0.3 is 14.5 Å². The zero-order valence-corrected chi connectivity index (χ0v) is 16.4. The molecule has 0 N–H and O–H groups in total. The lowest BCUT2D eigenvalue weighted by atomic mass is 10.2. The summed E-state index contributed by atoms with van der Waals surface area (Å²) in [5.41, 5.74) is 1.15. The minimum Gasteiger partial charge on any atom is -0.492 e. The van der Waals surface area contributed by atoms with Gasteiger partial charge in [-0.3, -0.25) is 9.69 Å². The van der Waals surface area contributed by atoms with Crippen LogP contribution in [0.2, 0.25) is 0 Å². The van der Waals surface area contributed by atoms with Crippen molar-refractivity contribution in [2.45, 2.75) is 13.5 Å². The molecule has 0 bridgehead atoms. The third-order valence-corrected chi connectivity index (χ3v) is 5.50. The molecule has 1 aromatic carbocycles. The first-order chi connectivity index (χ1) is 12.7. The number of carbonyl (C=O) groups is 1. The first-order valence-corrected chi connectivity index (χ1v) is 10.0. The lowest BCUT2D eigenvalue weighted by Gasteiger charge is -2.36. The van der Waals surface area contributed by atoms with Crippen molar-refractivity contribution in [2.75, 3.05) is 51.3 Å². The van der Waals surface area contributed by atoms with Crippen LogP contribution in [0.3, 0.4) is 0 Å². The number of nitrogens with zero attached hydrogens (tertiary/aromatic N) is 3. The fraction of sp³-hybridized carbons (Fsp3) is 0.450. The molecular formula is C20H27N3O2S. The number of carbonyl (C=O) groups excluding carboxylic acids is 1. The number of hydrogen-bond acceptors (Lipinski definition) is 5. The highest BCUT2D eigenvalue weighted by Gasteiger charge is 2.22. The molecule has 0 atom stereocenters. The van der Waals surface area contributed by atoms with Crippen LogP contribution in [0.5, 0.6) is 5.75 Å². The van der Waals surface area contributed by atoms with Crippen LogP contribution in [0.25, 0.3) is 0 Å². The lowest BCUT2D eigenvalue weighted by Crippen LogP contribution is -2.49. The summed E-state index contributed by atoms with van der Waals surface area (Å²) in [6.45, 7) is 7.45. The summed E-state index contributed by atoms with van der Waals surface area (Å²) in [6.07, 6.45) is 0. The molecule has 1 fully saturated rings. The van der Waals surface area contributed by atoms with Gasteiger partial charge in [-0.1, -0.05) is 18.2 Å². The Bertz CT molecular complexity index is 697. The topological polar surface area (TPSA) is 36.0 Å². The molecule has 0 spiro atoms. The molecule has 1 aromatic heterocycles. The van der Waals surface area contributed by atoms with Crippen molar-refractivity contribution in [1.29, 1.82) is 0 Å². The maximum absolute atomic E-state index is 12.5. The van der Waals surface area contributed by atoms with Gasteiger partial charge in [-0.15, -0.1) is 11.3 Å². The lowest BCUT2D eigenvalue weighted by molar-refractivity contribution is -0.131.